The highest BCUT2D eigenvalue weighted by atomic mass is 79.9. The number of likely N-dealkylation sites (N-methyl/N-ethyl adjacent to an activating group) is 1. The summed E-state index contributed by atoms with van der Waals surface area (Å²) >= 11 is 3.39. The molecule has 1 aromatic carbocycles. The van der Waals surface area contributed by atoms with Crippen molar-refractivity contribution >= 4 is 43.5 Å². The number of aromatic nitrogens is 1. The average molecular weight is 486 g/mol. The molecular formula is C19H24BrN3O5S. The molecule has 0 saturated heterocycles. The van der Waals surface area contributed by atoms with Crippen LogP contribution in [0.15, 0.2) is 27.6 Å². The molecule has 0 aliphatic heterocycles. The van der Waals surface area contributed by atoms with Gasteiger partial charge in [0.1, 0.15) is 10.5 Å². The molecule has 0 radical (unpaired) electrons. The Morgan fingerprint density at radius 1 is 1.21 bits per heavy atom. The minimum atomic E-state index is -4.11. The van der Waals surface area contributed by atoms with Crippen molar-refractivity contribution < 1.29 is 22.7 Å². The minimum absolute atomic E-state index is 0.0415. The number of aryl methyl sites for hydroxylation is 3. The first kappa shape index (κ1) is 23.1. The normalized spacial score (nSPS) is 11.6. The molecule has 0 atom stereocenters. The number of sulfonamides is 1. The Balaban J connectivity index is 2.26. The van der Waals surface area contributed by atoms with Crippen molar-refractivity contribution in [3.63, 3.8) is 0 Å². The third-order valence-electron chi connectivity index (χ3n) is 4.27. The van der Waals surface area contributed by atoms with Gasteiger partial charge in [-0.15, -0.1) is 0 Å². The molecule has 2 aromatic rings. The Hall–Kier alpha value is -2.17. The lowest BCUT2D eigenvalue weighted by molar-refractivity contribution is -0.116. The zero-order valence-corrected chi connectivity index (χ0v) is 19.3. The number of amides is 1. The molecule has 2 N–H and O–H groups in total. The Morgan fingerprint density at radius 2 is 1.86 bits per heavy atom. The number of anilines is 1. The number of carbonyl (C=O) groups is 2. The summed E-state index contributed by atoms with van der Waals surface area (Å²) in [5.41, 5.74) is 2.15. The number of ether oxygens (including phenoxy) is 1. The van der Waals surface area contributed by atoms with E-state index in [0.29, 0.717) is 17.1 Å². The van der Waals surface area contributed by atoms with Gasteiger partial charge in [0.2, 0.25) is 15.9 Å². The molecule has 0 fully saturated rings. The van der Waals surface area contributed by atoms with Gasteiger partial charge in [0, 0.05) is 28.6 Å². The number of nitrogens with one attached hydrogen (secondary N) is 2. The zero-order chi connectivity index (χ0) is 21.9. The minimum Gasteiger partial charge on any atom is -0.462 e. The summed E-state index contributed by atoms with van der Waals surface area (Å²) in [5, 5.41) is 2.68. The van der Waals surface area contributed by atoms with E-state index < -0.39 is 28.4 Å². The highest BCUT2D eigenvalue weighted by Gasteiger charge is 2.33. The molecule has 0 aliphatic rings. The second-order valence-corrected chi connectivity index (χ2v) is 9.41. The number of carbonyl (C=O) groups excluding carboxylic acids is 2. The molecule has 1 amide bonds. The predicted molar refractivity (Wildman–Crippen MR) is 114 cm³/mol. The molecule has 1 heterocycles. The molecule has 0 unspecified atom stereocenters. The van der Waals surface area contributed by atoms with E-state index in [-0.39, 0.29) is 17.1 Å². The topological polar surface area (TPSA) is 109 Å². The predicted octanol–water partition coefficient (Wildman–Crippen LogP) is 3.14. The number of aromatic amines is 1. The lowest BCUT2D eigenvalue weighted by atomic mass is 10.2. The Bertz CT molecular complexity index is 1050. The monoisotopic (exact) mass is 485 g/mol. The highest BCUT2D eigenvalue weighted by Crippen LogP contribution is 2.27. The van der Waals surface area contributed by atoms with Crippen LogP contribution in [0.5, 0.6) is 0 Å². The molecule has 8 nitrogen and oxygen atoms in total. The van der Waals surface area contributed by atoms with Crippen LogP contribution in [0.1, 0.15) is 34.2 Å². The first-order chi connectivity index (χ1) is 13.5. The number of halogens is 1. The van der Waals surface area contributed by atoms with Crippen molar-refractivity contribution in [3.05, 3.63) is 45.2 Å². The average Bonchev–Trinajstić information content (AvgIpc) is 2.93. The summed E-state index contributed by atoms with van der Waals surface area (Å²) < 4.78 is 33.0. The maximum absolute atomic E-state index is 13.1. The van der Waals surface area contributed by atoms with Gasteiger partial charge < -0.3 is 15.0 Å². The van der Waals surface area contributed by atoms with Crippen LogP contribution in [-0.4, -0.2) is 49.8 Å². The summed E-state index contributed by atoms with van der Waals surface area (Å²) in [6.45, 7) is 6.38. The molecule has 0 saturated carbocycles. The fraction of sp³-hybridized carbons (Fsp3) is 0.368. The zero-order valence-electron chi connectivity index (χ0n) is 16.9. The summed E-state index contributed by atoms with van der Waals surface area (Å²) in [5.74, 6) is -1.23. The van der Waals surface area contributed by atoms with Gasteiger partial charge in [0.05, 0.1) is 13.2 Å². The van der Waals surface area contributed by atoms with Crippen molar-refractivity contribution in [2.45, 2.75) is 32.6 Å². The smallest absolute Gasteiger partial charge is 0.341 e. The summed E-state index contributed by atoms with van der Waals surface area (Å²) in [6.07, 6.45) is 0. The van der Waals surface area contributed by atoms with Gasteiger partial charge >= 0.3 is 5.97 Å². The lowest BCUT2D eigenvalue weighted by Crippen LogP contribution is -2.35. The van der Waals surface area contributed by atoms with Crippen LogP contribution in [0.25, 0.3) is 0 Å². The van der Waals surface area contributed by atoms with E-state index in [1.807, 2.05) is 6.92 Å². The summed E-state index contributed by atoms with van der Waals surface area (Å²) in [4.78, 5) is 27.4. The van der Waals surface area contributed by atoms with E-state index in [1.165, 1.54) is 7.05 Å². The van der Waals surface area contributed by atoms with E-state index in [1.54, 1.807) is 39.0 Å². The summed E-state index contributed by atoms with van der Waals surface area (Å²) in [6, 6.07) is 5.28. The van der Waals surface area contributed by atoms with Crippen LogP contribution in [0, 0.1) is 20.8 Å². The van der Waals surface area contributed by atoms with Crippen LogP contribution in [-0.2, 0) is 19.6 Å². The van der Waals surface area contributed by atoms with Crippen molar-refractivity contribution in [2.75, 3.05) is 25.5 Å². The summed E-state index contributed by atoms with van der Waals surface area (Å²) in [7, 11) is -2.82. The first-order valence-electron chi connectivity index (χ1n) is 8.87. The van der Waals surface area contributed by atoms with E-state index in [2.05, 4.69) is 26.2 Å². The molecule has 0 spiro atoms. The van der Waals surface area contributed by atoms with Crippen molar-refractivity contribution in [1.82, 2.24) is 9.29 Å². The molecule has 2 rings (SSSR count). The van der Waals surface area contributed by atoms with Crippen molar-refractivity contribution in [2.24, 2.45) is 0 Å². The largest absolute Gasteiger partial charge is 0.462 e. The molecule has 29 heavy (non-hydrogen) atoms. The van der Waals surface area contributed by atoms with Gasteiger partial charge in [-0.1, -0.05) is 15.9 Å². The van der Waals surface area contributed by atoms with E-state index in [4.69, 9.17) is 4.74 Å². The molecule has 1 aromatic heterocycles. The molecule has 0 aliphatic carbocycles. The van der Waals surface area contributed by atoms with E-state index >= 15 is 0 Å². The van der Waals surface area contributed by atoms with Crippen LogP contribution in [0.3, 0.4) is 0 Å². The number of benzene rings is 1. The van der Waals surface area contributed by atoms with Gasteiger partial charge in [-0.2, -0.15) is 4.31 Å². The Kier molecular flexibility index (Phi) is 7.25. The number of hydrogen-bond acceptors (Lipinski definition) is 5. The standard InChI is InChI=1S/C19H24BrN3O5S/c1-6-28-19(25)17-12(3)21-13(4)18(17)29(26,27)23(5)10-16(24)22-14-7-8-15(20)11(2)9-14/h7-9,21H,6,10H2,1-5H3,(H,22,24). The van der Waals surface area contributed by atoms with Crippen LogP contribution in [0.4, 0.5) is 5.69 Å². The SMILES string of the molecule is CCOC(=O)c1c(C)[nH]c(C)c1S(=O)(=O)N(C)CC(=O)Nc1ccc(Br)c(C)c1. The highest BCUT2D eigenvalue weighted by molar-refractivity contribution is 9.10. The quantitative estimate of drug-likeness (QED) is 0.585. The van der Waals surface area contributed by atoms with E-state index in [0.717, 1.165) is 14.3 Å². The van der Waals surface area contributed by atoms with Crippen molar-refractivity contribution in [3.8, 4) is 0 Å². The third-order valence-corrected chi connectivity index (χ3v) is 7.14. The number of H-pyrrole nitrogens is 1. The second kappa shape index (κ2) is 9.10. The lowest BCUT2D eigenvalue weighted by Gasteiger charge is -2.18. The fourth-order valence-corrected chi connectivity index (χ4v) is 4.67. The van der Waals surface area contributed by atoms with Gasteiger partial charge in [-0.3, -0.25) is 4.79 Å². The molecule has 10 heteroatoms. The maximum Gasteiger partial charge on any atom is 0.341 e. The van der Waals surface area contributed by atoms with Gasteiger partial charge in [-0.05, 0) is 51.5 Å². The van der Waals surface area contributed by atoms with E-state index in [9.17, 15) is 18.0 Å². The number of esters is 1. The first-order valence-corrected chi connectivity index (χ1v) is 11.1. The molecule has 158 valence electrons. The number of nitrogens with zero attached hydrogens (tertiary/aromatic N) is 1. The van der Waals surface area contributed by atoms with Gasteiger partial charge in [0.15, 0.2) is 0 Å². The fourth-order valence-electron chi connectivity index (χ4n) is 2.90. The van der Waals surface area contributed by atoms with Crippen LogP contribution < -0.4 is 5.32 Å². The Labute approximate surface area is 178 Å². The third kappa shape index (κ3) is 5.06. The van der Waals surface area contributed by atoms with Crippen LogP contribution >= 0.6 is 15.9 Å². The van der Waals surface area contributed by atoms with Gasteiger partial charge in [-0.25, -0.2) is 13.2 Å². The number of hydrogen-bond donors (Lipinski definition) is 2. The second-order valence-electron chi connectivity index (χ2n) is 6.57. The van der Waals surface area contributed by atoms with Crippen molar-refractivity contribution in [1.29, 1.82) is 0 Å². The van der Waals surface area contributed by atoms with Gasteiger partial charge in [0.25, 0.3) is 0 Å². The molecular weight excluding hydrogens is 462 g/mol. The number of rotatable bonds is 7. The molecule has 0 bridgehead atoms. The Morgan fingerprint density at radius 3 is 2.45 bits per heavy atom. The maximum atomic E-state index is 13.1. The van der Waals surface area contributed by atoms with Crippen LogP contribution in [0.2, 0.25) is 0 Å².